The van der Waals surface area contributed by atoms with E-state index in [1.807, 2.05) is 7.11 Å². The van der Waals surface area contributed by atoms with Crippen molar-refractivity contribution in [2.45, 2.75) is 32.3 Å². The van der Waals surface area contributed by atoms with Gasteiger partial charge in [0.2, 0.25) is 0 Å². The number of hydrogen-bond acceptors (Lipinski definition) is 1. The molecule has 0 N–H and O–H groups in total. The van der Waals surface area contributed by atoms with Crippen molar-refractivity contribution in [3.8, 4) is 0 Å². The summed E-state index contributed by atoms with van der Waals surface area (Å²) in [6.07, 6.45) is 2.34. The summed E-state index contributed by atoms with van der Waals surface area (Å²) < 4.78 is 6.95. The molecule has 0 unspecified atom stereocenters. The van der Waals surface area contributed by atoms with Gasteiger partial charge in [0, 0.05) is 10.7 Å². The first-order chi connectivity index (χ1) is 6.59. The Kier molecular flexibility index (Phi) is 2.60. The summed E-state index contributed by atoms with van der Waals surface area (Å²) in [7, 11) is 1.82. The van der Waals surface area contributed by atoms with E-state index in [0.29, 0.717) is 0 Å². The van der Waals surface area contributed by atoms with Gasteiger partial charge in [-0.05, 0) is 78.1 Å². The number of rotatable bonds is 2. The number of methoxy groups -OCH3 is 1. The van der Waals surface area contributed by atoms with Gasteiger partial charge in [-0.3, -0.25) is 0 Å². The van der Waals surface area contributed by atoms with Gasteiger partial charge >= 0.3 is 0 Å². The highest BCUT2D eigenvalue weighted by Gasteiger charge is 2.46. The van der Waals surface area contributed by atoms with Crippen molar-refractivity contribution in [2.75, 3.05) is 7.11 Å². The number of ether oxygens (including phenoxy) is 1. The summed E-state index contributed by atoms with van der Waals surface area (Å²) >= 11 is 2.37. The van der Waals surface area contributed by atoms with Crippen LogP contribution in [0.25, 0.3) is 0 Å². The van der Waals surface area contributed by atoms with E-state index in [0.717, 1.165) is 0 Å². The fourth-order valence-electron chi connectivity index (χ4n) is 2.30. The Bertz CT molecular complexity index is 344. The smallest absolute Gasteiger partial charge is 0.0935 e. The molecule has 0 bridgehead atoms. The molecule has 1 aliphatic carbocycles. The molecule has 0 saturated heterocycles. The standard InChI is InChI=1S/C12H15IO/c1-8-6-10(13)7-9(2)11(8)12(14-3)4-5-12/h6-7H,4-5H2,1-3H3. The molecule has 0 aliphatic heterocycles. The maximum absolute atomic E-state index is 5.63. The Balaban J connectivity index is 2.53. The summed E-state index contributed by atoms with van der Waals surface area (Å²) in [6.45, 7) is 4.37. The van der Waals surface area contributed by atoms with Gasteiger partial charge in [0.05, 0.1) is 5.60 Å². The minimum atomic E-state index is 0.0541. The van der Waals surface area contributed by atoms with Crippen molar-refractivity contribution in [1.82, 2.24) is 0 Å². The summed E-state index contributed by atoms with van der Waals surface area (Å²) in [4.78, 5) is 0. The molecular weight excluding hydrogens is 287 g/mol. The Morgan fingerprint density at radius 1 is 1.21 bits per heavy atom. The van der Waals surface area contributed by atoms with Gasteiger partial charge in [-0.15, -0.1) is 0 Å². The van der Waals surface area contributed by atoms with Crippen LogP contribution < -0.4 is 0 Å². The third-order valence-electron chi connectivity index (χ3n) is 3.05. The lowest BCUT2D eigenvalue weighted by atomic mass is 9.96. The van der Waals surface area contributed by atoms with Gasteiger partial charge < -0.3 is 4.74 Å². The molecular formula is C12H15IO. The van der Waals surface area contributed by atoms with Crippen LogP contribution in [0, 0.1) is 17.4 Å². The minimum absolute atomic E-state index is 0.0541. The molecule has 76 valence electrons. The quantitative estimate of drug-likeness (QED) is 0.759. The highest BCUT2D eigenvalue weighted by atomic mass is 127. The van der Waals surface area contributed by atoms with E-state index in [-0.39, 0.29) is 5.60 Å². The Morgan fingerprint density at radius 3 is 2.07 bits per heavy atom. The summed E-state index contributed by atoms with van der Waals surface area (Å²) in [5.41, 5.74) is 4.21. The third kappa shape index (κ3) is 1.58. The van der Waals surface area contributed by atoms with Crippen LogP contribution in [-0.2, 0) is 10.3 Å². The first-order valence-corrected chi connectivity index (χ1v) is 5.99. The van der Waals surface area contributed by atoms with Crippen molar-refractivity contribution >= 4 is 22.6 Å². The molecule has 1 aromatic carbocycles. The second-order valence-electron chi connectivity index (χ2n) is 4.11. The fraction of sp³-hybridized carbons (Fsp3) is 0.500. The summed E-state index contributed by atoms with van der Waals surface area (Å²) in [6, 6.07) is 4.48. The van der Waals surface area contributed by atoms with Crippen molar-refractivity contribution in [3.05, 3.63) is 32.4 Å². The molecule has 0 heterocycles. The lowest BCUT2D eigenvalue weighted by Gasteiger charge is -2.19. The lowest BCUT2D eigenvalue weighted by molar-refractivity contribution is 0.0778. The van der Waals surface area contributed by atoms with Crippen LogP contribution in [0.1, 0.15) is 29.5 Å². The number of hydrogen-bond donors (Lipinski definition) is 0. The topological polar surface area (TPSA) is 9.23 Å². The van der Waals surface area contributed by atoms with Crippen LogP contribution in [-0.4, -0.2) is 7.11 Å². The number of benzene rings is 1. The zero-order valence-corrected chi connectivity index (χ0v) is 11.0. The Morgan fingerprint density at radius 2 is 1.71 bits per heavy atom. The van der Waals surface area contributed by atoms with Gasteiger partial charge in [-0.1, -0.05) is 0 Å². The molecule has 14 heavy (non-hydrogen) atoms. The minimum Gasteiger partial charge on any atom is -0.374 e. The highest BCUT2D eigenvalue weighted by Crippen LogP contribution is 2.51. The average Bonchev–Trinajstić information content (AvgIpc) is 2.83. The lowest BCUT2D eigenvalue weighted by Crippen LogP contribution is -2.13. The normalized spacial score (nSPS) is 18.3. The van der Waals surface area contributed by atoms with E-state index in [9.17, 15) is 0 Å². The van der Waals surface area contributed by atoms with Crippen molar-refractivity contribution in [3.63, 3.8) is 0 Å². The molecule has 2 heteroatoms. The molecule has 0 spiro atoms. The molecule has 1 aliphatic rings. The van der Waals surface area contributed by atoms with Gasteiger partial charge in [0.15, 0.2) is 0 Å². The maximum atomic E-state index is 5.63. The van der Waals surface area contributed by atoms with Crippen LogP contribution in [0.15, 0.2) is 12.1 Å². The number of halogens is 1. The van der Waals surface area contributed by atoms with E-state index in [1.54, 1.807) is 0 Å². The number of aryl methyl sites for hydroxylation is 2. The molecule has 1 aromatic rings. The largest absolute Gasteiger partial charge is 0.374 e. The summed E-state index contributed by atoms with van der Waals surface area (Å²) in [5, 5.41) is 0. The fourth-order valence-corrected chi connectivity index (χ4v) is 3.23. The third-order valence-corrected chi connectivity index (χ3v) is 3.67. The Labute approximate surface area is 99.0 Å². The molecule has 0 amide bonds. The van der Waals surface area contributed by atoms with E-state index >= 15 is 0 Å². The predicted octanol–water partition coefficient (Wildman–Crippen LogP) is 3.54. The summed E-state index contributed by atoms with van der Waals surface area (Å²) in [5.74, 6) is 0. The van der Waals surface area contributed by atoms with Gasteiger partial charge in [-0.2, -0.15) is 0 Å². The van der Waals surface area contributed by atoms with Gasteiger partial charge in [0.25, 0.3) is 0 Å². The highest BCUT2D eigenvalue weighted by molar-refractivity contribution is 14.1. The van der Waals surface area contributed by atoms with Crippen molar-refractivity contribution in [2.24, 2.45) is 0 Å². The van der Waals surface area contributed by atoms with Crippen LogP contribution in [0.3, 0.4) is 0 Å². The van der Waals surface area contributed by atoms with Crippen LogP contribution in [0.2, 0.25) is 0 Å². The Hall–Kier alpha value is -0.0900. The second kappa shape index (κ2) is 3.49. The van der Waals surface area contributed by atoms with E-state index in [2.05, 4.69) is 48.6 Å². The molecule has 1 saturated carbocycles. The zero-order chi connectivity index (χ0) is 10.3. The van der Waals surface area contributed by atoms with Crippen molar-refractivity contribution < 1.29 is 4.74 Å². The molecule has 0 radical (unpaired) electrons. The first-order valence-electron chi connectivity index (χ1n) is 4.91. The molecule has 0 aromatic heterocycles. The van der Waals surface area contributed by atoms with E-state index in [1.165, 1.54) is 33.1 Å². The molecule has 1 nitrogen and oxygen atoms in total. The monoisotopic (exact) mass is 302 g/mol. The van der Waals surface area contributed by atoms with Crippen LogP contribution in [0.4, 0.5) is 0 Å². The molecule has 2 rings (SSSR count). The predicted molar refractivity (Wildman–Crippen MR) is 66.6 cm³/mol. The first kappa shape index (κ1) is 10.4. The van der Waals surface area contributed by atoms with Crippen LogP contribution in [0.5, 0.6) is 0 Å². The van der Waals surface area contributed by atoms with Crippen molar-refractivity contribution in [1.29, 1.82) is 0 Å². The average molecular weight is 302 g/mol. The van der Waals surface area contributed by atoms with E-state index in [4.69, 9.17) is 4.74 Å². The second-order valence-corrected chi connectivity index (χ2v) is 5.36. The zero-order valence-electron chi connectivity index (χ0n) is 8.86. The van der Waals surface area contributed by atoms with Gasteiger partial charge in [0.1, 0.15) is 0 Å². The molecule has 1 fully saturated rings. The SMILES string of the molecule is COC1(c2c(C)cc(I)cc2C)CC1. The van der Waals surface area contributed by atoms with Crippen LogP contribution >= 0.6 is 22.6 Å². The van der Waals surface area contributed by atoms with Gasteiger partial charge in [-0.25, -0.2) is 0 Å². The molecule has 0 atom stereocenters. The maximum Gasteiger partial charge on any atom is 0.0935 e. The van der Waals surface area contributed by atoms with E-state index < -0.39 is 0 Å².